The number of nitrogens with zero attached hydrogens (tertiary/aromatic N) is 1. The van der Waals surface area contributed by atoms with Crippen molar-refractivity contribution in [2.75, 3.05) is 7.11 Å². The lowest BCUT2D eigenvalue weighted by Gasteiger charge is -2.15. The van der Waals surface area contributed by atoms with Crippen LogP contribution >= 0.6 is 0 Å². The van der Waals surface area contributed by atoms with Gasteiger partial charge in [-0.25, -0.2) is 0 Å². The highest BCUT2D eigenvalue weighted by molar-refractivity contribution is 5.33. The maximum atomic E-state index is 5.66. The zero-order chi connectivity index (χ0) is 11.4. The number of hydrogen-bond acceptors (Lipinski definition) is 3. The van der Waals surface area contributed by atoms with Crippen molar-refractivity contribution < 1.29 is 9.47 Å². The molecule has 0 unspecified atom stereocenters. The molecule has 0 radical (unpaired) electrons. The number of ether oxygens (including phenoxy) is 2. The first-order valence-corrected chi connectivity index (χ1v) is 5.26. The van der Waals surface area contributed by atoms with E-state index < -0.39 is 0 Å². The van der Waals surface area contributed by atoms with E-state index in [-0.39, 0.29) is 6.10 Å². The average Bonchev–Trinajstić information content (AvgIpc) is 2.16. The monoisotopic (exact) mass is 209 g/mol. The Morgan fingerprint density at radius 1 is 1.13 bits per heavy atom. The molecule has 15 heavy (non-hydrogen) atoms. The standard InChI is InChI=1S/C12H19NO2/c1-8(2)10-6-7-11(14-5)13-12(10)15-9(3)4/h6-9H,1-5H3. The molecule has 1 heterocycles. The van der Waals surface area contributed by atoms with Gasteiger partial charge in [0.15, 0.2) is 0 Å². The van der Waals surface area contributed by atoms with Gasteiger partial charge in [0.05, 0.1) is 13.2 Å². The van der Waals surface area contributed by atoms with Gasteiger partial charge >= 0.3 is 0 Å². The third-order valence-electron chi connectivity index (χ3n) is 2.04. The van der Waals surface area contributed by atoms with Crippen LogP contribution in [0.25, 0.3) is 0 Å². The van der Waals surface area contributed by atoms with Crippen LogP contribution in [0.4, 0.5) is 0 Å². The molecular formula is C12H19NO2. The minimum Gasteiger partial charge on any atom is -0.481 e. The van der Waals surface area contributed by atoms with Gasteiger partial charge in [-0.3, -0.25) is 0 Å². The highest BCUT2D eigenvalue weighted by atomic mass is 16.5. The largest absolute Gasteiger partial charge is 0.481 e. The zero-order valence-electron chi connectivity index (χ0n) is 10.1. The summed E-state index contributed by atoms with van der Waals surface area (Å²) < 4.78 is 10.7. The highest BCUT2D eigenvalue weighted by Gasteiger charge is 2.12. The van der Waals surface area contributed by atoms with Gasteiger partial charge in [-0.15, -0.1) is 0 Å². The lowest BCUT2D eigenvalue weighted by atomic mass is 10.1. The Morgan fingerprint density at radius 3 is 2.27 bits per heavy atom. The van der Waals surface area contributed by atoms with E-state index in [2.05, 4.69) is 18.8 Å². The zero-order valence-corrected chi connectivity index (χ0v) is 10.1. The van der Waals surface area contributed by atoms with Crippen LogP contribution in [0.15, 0.2) is 12.1 Å². The number of pyridine rings is 1. The summed E-state index contributed by atoms with van der Waals surface area (Å²) in [6.07, 6.45) is 0.127. The molecule has 0 N–H and O–H groups in total. The normalized spacial score (nSPS) is 10.9. The quantitative estimate of drug-likeness (QED) is 0.764. The fourth-order valence-electron chi connectivity index (χ4n) is 1.30. The average molecular weight is 209 g/mol. The second kappa shape index (κ2) is 5.01. The lowest BCUT2D eigenvalue weighted by Crippen LogP contribution is -2.10. The SMILES string of the molecule is COc1ccc(C(C)C)c(OC(C)C)n1. The fraction of sp³-hybridized carbons (Fsp3) is 0.583. The Bertz CT molecular complexity index is 321. The van der Waals surface area contributed by atoms with Crippen LogP contribution in [0.5, 0.6) is 11.8 Å². The molecular weight excluding hydrogens is 190 g/mol. The van der Waals surface area contributed by atoms with Crippen molar-refractivity contribution in [2.24, 2.45) is 0 Å². The highest BCUT2D eigenvalue weighted by Crippen LogP contribution is 2.27. The van der Waals surface area contributed by atoms with Crippen molar-refractivity contribution in [3.8, 4) is 11.8 Å². The lowest BCUT2D eigenvalue weighted by molar-refractivity contribution is 0.226. The van der Waals surface area contributed by atoms with E-state index in [0.717, 1.165) is 5.56 Å². The summed E-state index contributed by atoms with van der Waals surface area (Å²) in [5, 5.41) is 0. The van der Waals surface area contributed by atoms with E-state index in [1.807, 2.05) is 26.0 Å². The summed E-state index contributed by atoms with van der Waals surface area (Å²) in [7, 11) is 1.61. The van der Waals surface area contributed by atoms with Gasteiger partial charge in [-0.1, -0.05) is 13.8 Å². The van der Waals surface area contributed by atoms with Gasteiger partial charge in [0.25, 0.3) is 0 Å². The number of methoxy groups -OCH3 is 1. The fourth-order valence-corrected chi connectivity index (χ4v) is 1.30. The van der Waals surface area contributed by atoms with Crippen molar-refractivity contribution in [1.29, 1.82) is 0 Å². The van der Waals surface area contributed by atoms with Crippen molar-refractivity contribution >= 4 is 0 Å². The molecule has 3 heteroatoms. The van der Waals surface area contributed by atoms with Crippen molar-refractivity contribution in [2.45, 2.75) is 39.7 Å². The van der Waals surface area contributed by atoms with Crippen LogP contribution in [-0.4, -0.2) is 18.2 Å². The van der Waals surface area contributed by atoms with Gasteiger partial charge in [0.1, 0.15) is 0 Å². The number of rotatable bonds is 4. The summed E-state index contributed by atoms with van der Waals surface area (Å²) in [6.45, 7) is 8.23. The molecule has 1 rings (SSSR count). The molecule has 0 aliphatic carbocycles. The maximum absolute atomic E-state index is 5.66. The third kappa shape index (κ3) is 3.11. The van der Waals surface area contributed by atoms with Crippen LogP contribution in [0.1, 0.15) is 39.2 Å². The summed E-state index contributed by atoms with van der Waals surface area (Å²) >= 11 is 0. The Kier molecular flexibility index (Phi) is 3.95. The minimum absolute atomic E-state index is 0.127. The Balaban J connectivity index is 3.05. The predicted octanol–water partition coefficient (Wildman–Crippen LogP) is 3.00. The molecule has 1 aromatic rings. The van der Waals surface area contributed by atoms with Crippen molar-refractivity contribution in [3.05, 3.63) is 17.7 Å². The third-order valence-corrected chi connectivity index (χ3v) is 2.04. The van der Waals surface area contributed by atoms with Gasteiger partial charge in [-0.05, 0) is 25.8 Å². The van der Waals surface area contributed by atoms with Crippen LogP contribution in [0.3, 0.4) is 0 Å². The smallest absolute Gasteiger partial charge is 0.220 e. The second-order valence-electron chi connectivity index (χ2n) is 4.07. The molecule has 0 fully saturated rings. The second-order valence-corrected chi connectivity index (χ2v) is 4.07. The van der Waals surface area contributed by atoms with E-state index in [9.17, 15) is 0 Å². The molecule has 0 atom stereocenters. The van der Waals surface area contributed by atoms with Gasteiger partial charge in [-0.2, -0.15) is 4.98 Å². The maximum Gasteiger partial charge on any atom is 0.220 e. The molecule has 0 aliphatic heterocycles. The Morgan fingerprint density at radius 2 is 1.80 bits per heavy atom. The predicted molar refractivity (Wildman–Crippen MR) is 60.6 cm³/mol. The topological polar surface area (TPSA) is 31.4 Å². The van der Waals surface area contributed by atoms with Crippen molar-refractivity contribution in [3.63, 3.8) is 0 Å². The summed E-state index contributed by atoms with van der Waals surface area (Å²) in [5.41, 5.74) is 1.12. The molecule has 0 saturated carbocycles. The summed E-state index contributed by atoms with van der Waals surface area (Å²) in [5.74, 6) is 1.67. The molecule has 3 nitrogen and oxygen atoms in total. The summed E-state index contributed by atoms with van der Waals surface area (Å²) in [4.78, 5) is 4.31. The first-order chi connectivity index (χ1) is 7.04. The Labute approximate surface area is 91.4 Å². The van der Waals surface area contributed by atoms with E-state index in [1.165, 1.54) is 0 Å². The molecule has 0 saturated heterocycles. The minimum atomic E-state index is 0.127. The van der Waals surface area contributed by atoms with E-state index >= 15 is 0 Å². The van der Waals surface area contributed by atoms with E-state index in [1.54, 1.807) is 7.11 Å². The van der Waals surface area contributed by atoms with Gasteiger partial charge in [0.2, 0.25) is 11.8 Å². The molecule has 1 aromatic heterocycles. The first-order valence-electron chi connectivity index (χ1n) is 5.26. The molecule has 0 aliphatic rings. The molecule has 0 spiro atoms. The van der Waals surface area contributed by atoms with Crippen LogP contribution < -0.4 is 9.47 Å². The van der Waals surface area contributed by atoms with E-state index in [0.29, 0.717) is 17.7 Å². The number of aromatic nitrogens is 1. The van der Waals surface area contributed by atoms with Gasteiger partial charge < -0.3 is 9.47 Å². The Hall–Kier alpha value is -1.25. The first kappa shape index (κ1) is 11.8. The van der Waals surface area contributed by atoms with Crippen LogP contribution in [0, 0.1) is 0 Å². The van der Waals surface area contributed by atoms with Crippen LogP contribution in [0.2, 0.25) is 0 Å². The van der Waals surface area contributed by atoms with E-state index in [4.69, 9.17) is 9.47 Å². The molecule has 0 bridgehead atoms. The van der Waals surface area contributed by atoms with Crippen molar-refractivity contribution in [1.82, 2.24) is 4.98 Å². The number of hydrogen-bond donors (Lipinski definition) is 0. The summed E-state index contributed by atoms with van der Waals surface area (Å²) in [6, 6.07) is 3.87. The van der Waals surface area contributed by atoms with Gasteiger partial charge in [0, 0.05) is 11.6 Å². The molecule has 84 valence electrons. The molecule has 0 aromatic carbocycles. The molecule has 0 amide bonds. The van der Waals surface area contributed by atoms with Crippen LogP contribution in [-0.2, 0) is 0 Å².